The van der Waals surface area contributed by atoms with Gasteiger partial charge in [0, 0.05) is 11.5 Å². The average Bonchev–Trinajstić information content (AvgIpc) is 3.46. The maximum atomic E-state index is 15.5. The fourth-order valence-electron chi connectivity index (χ4n) is 5.86. The Balaban J connectivity index is 2.03. The molecule has 14 nitrogen and oxygen atoms in total. The van der Waals surface area contributed by atoms with Crippen LogP contribution in [0.2, 0.25) is 18.1 Å². The summed E-state index contributed by atoms with van der Waals surface area (Å²) in [5.74, 6) is -1.31. The number of rotatable bonds is 17. The molecule has 0 spiro atoms. The second kappa shape index (κ2) is 18.5. The standard InChI is InChI=1S/C37H55FN4O10SSi/c1-11-29-27-17-16-26(22-30(27)42(39-29)34(44)45)49-20-19-40(35(46)51-37(8,9)10)23-32(52-54(12-2,13-3)14-4)25-15-18-28(38)31(21-25)41(53(47)48)24-33(43)50-36(5,6)7/h15-18,21-22,32H,11-14,19-20,23-24H2,1-10H3,(H,44,45)(H,47,48). The van der Waals surface area contributed by atoms with Crippen LogP contribution in [-0.4, -0.2) is 92.5 Å². The smallest absolute Gasteiger partial charge is 0.432 e. The highest BCUT2D eigenvalue weighted by Gasteiger charge is 2.36. The molecule has 2 aromatic carbocycles. The number of ether oxygens (including phenoxy) is 3. The number of nitrogens with zero attached hydrogens (tertiary/aromatic N) is 4. The maximum Gasteiger partial charge on any atom is 0.432 e. The van der Waals surface area contributed by atoms with Crippen LogP contribution in [0.15, 0.2) is 36.4 Å². The van der Waals surface area contributed by atoms with E-state index in [9.17, 15) is 28.3 Å². The van der Waals surface area contributed by atoms with Gasteiger partial charge in [-0.15, -0.1) is 0 Å². The van der Waals surface area contributed by atoms with E-state index in [0.717, 1.165) is 28.9 Å². The summed E-state index contributed by atoms with van der Waals surface area (Å²) in [5.41, 5.74) is -0.644. The Bertz CT molecular complexity index is 1800. The van der Waals surface area contributed by atoms with Crippen LogP contribution in [0.5, 0.6) is 5.75 Å². The minimum Gasteiger partial charge on any atom is -0.492 e. The number of carbonyl (C=O) groups excluding carboxylic acids is 2. The molecule has 2 atom stereocenters. The van der Waals surface area contributed by atoms with Gasteiger partial charge in [0.05, 0.1) is 36.1 Å². The molecule has 3 rings (SSSR count). The summed E-state index contributed by atoms with van der Waals surface area (Å²) in [6.45, 7) is 17.4. The summed E-state index contributed by atoms with van der Waals surface area (Å²) >= 11 is -2.80. The summed E-state index contributed by atoms with van der Waals surface area (Å²) in [4.78, 5) is 39.7. The van der Waals surface area contributed by atoms with Crippen molar-refractivity contribution in [1.29, 1.82) is 0 Å². The Hall–Kier alpha value is -4.06. The predicted molar refractivity (Wildman–Crippen MR) is 207 cm³/mol. The number of anilines is 1. The van der Waals surface area contributed by atoms with Crippen molar-refractivity contribution >= 4 is 54.3 Å². The van der Waals surface area contributed by atoms with Gasteiger partial charge in [-0.1, -0.05) is 33.8 Å². The highest BCUT2D eigenvalue weighted by atomic mass is 32.2. The van der Waals surface area contributed by atoms with E-state index in [1.807, 2.05) is 27.7 Å². The second-order valence-corrected chi connectivity index (χ2v) is 20.5. The first-order valence-corrected chi connectivity index (χ1v) is 21.7. The lowest BCUT2D eigenvalue weighted by molar-refractivity contribution is -0.152. The fraction of sp³-hybridized carbons (Fsp3) is 0.568. The highest BCUT2D eigenvalue weighted by Crippen LogP contribution is 2.34. The molecule has 0 saturated carbocycles. The van der Waals surface area contributed by atoms with Gasteiger partial charge in [-0.2, -0.15) is 9.78 Å². The second-order valence-electron chi connectivity index (χ2n) is 14.9. The number of benzene rings is 2. The van der Waals surface area contributed by atoms with Crippen LogP contribution < -0.4 is 9.04 Å². The van der Waals surface area contributed by atoms with Crippen LogP contribution in [-0.2, 0) is 36.4 Å². The van der Waals surface area contributed by atoms with Crippen molar-refractivity contribution in [3.05, 3.63) is 53.5 Å². The van der Waals surface area contributed by atoms with E-state index in [-0.39, 0.29) is 25.4 Å². The SMILES string of the molecule is CCc1nn(C(=O)O)c2cc(OCCN(CC(O[Si](CC)(CC)CC)c3ccc(F)c(N(CC(=O)OC(C)(C)C)S(=O)O)c3)C(=O)OC(C)(C)C)ccc12. The molecule has 0 fully saturated rings. The first-order valence-electron chi connectivity index (χ1n) is 18.1. The van der Waals surface area contributed by atoms with Crippen molar-refractivity contribution in [2.24, 2.45) is 0 Å². The van der Waals surface area contributed by atoms with E-state index in [2.05, 4.69) is 5.10 Å². The van der Waals surface area contributed by atoms with Gasteiger partial charge in [-0.3, -0.25) is 13.7 Å². The van der Waals surface area contributed by atoms with Gasteiger partial charge in [0.15, 0.2) is 8.32 Å². The highest BCUT2D eigenvalue weighted by molar-refractivity contribution is 7.80. The van der Waals surface area contributed by atoms with Gasteiger partial charge in [-0.05, 0) is 95.9 Å². The van der Waals surface area contributed by atoms with Gasteiger partial charge < -0.3 is 28.6 Å². The topological polar surface area (TPSA) is 170 Å². The molecule has 17 heteroatoms. The molecule has 0 saturated heterocycles. The number of carbonyl (C=O) groups is 3. The molecule has 0 radical (unpaired) electrons. The molecule has 3 aromatic rings. The van der Waals surface area contributed by atoms with E-state index in [1.165, 1.54) is 17.0 Å². The maximum absolute atomic E-state index is 15.5. The molecule has 1 amide bonds. The summed E-state index contributed by atoms with van der Waals surface area (Å²) in [6.07, 6.45) is -2.19. The van der Waals surface area contributed by atoms with Crippen molar-refractivity contribution in [1.82, 2.24) is 14.7 Å². The summed E-state index contributed by atoms with van der Waals surface area (Å²) in [5, 5.41) is 14.6. The van der Waals surface area contributed by atoms with Gasteiger partial charge in [-0.25, -0.2) is 18.2 Å². The number of amides is 1. The first-order chi connectivity index (χ1) is 25.2. The molecule has 0 aliphatic rings. The molecule has 0 aliphatic carbocycles. The van der Waals surface area contributed by atoms with Crippen LogP contribution in [0.3, 0.4) is 0 Å². The molecule has 0 aliphatic heterocycles. The lowest BCUT2D eigenvalue weighted by atomic mass is 10.1. The molecule has 54 heavy (non-hydrogen) atoms. The Morgan fingerprint density at radius 3 is 2.13 bits per heavy atom. The Labute approximate surface area is 320 Å². The molecule has 2 unspecified atom stereocenters. The Morgan fingerprint density at radius 1 is 0.963 bits per heavy atom. The molecule has 1 aromatic heterocycles. The summed E-state index contributed by atoms with van der Waals surface area (Å²) < 4.78 is 63.8. The third kappa shape index (κ3) is 12.0. The summed E-state index contributed by atoms with van der Waals surface area (Å²) in [7, 11) is -2.43. The van der Waals surface area contributed by atoms with E-state index >= 15 is 4.39 Å². The number of carboxylic acid groups (broad SMARTS) is 1. The number of halogens is 1. The van der Waals surface area contributed by atoms with Crippen molar-refractivity contribution in [3.63, 3.8) is 0 Å². The van der Waals surface area contributed by atoms with Crippen molar-refractivity contribution in [2.75, 3.05) is 30.5 Å². The van der Waals surface area contributed by atoms with Gasteiger partial charge in [0.25, 0.3) is 11.3 Å². The van der Waals surface area contributed by atoms with Gasteiger partial charge in [0.1, 0.15) is 35.9 Å². The quantitative estimate of drug-likeness (QED) is 0.0773. The minimum absolute atomic E-state index is 0.0148. The van der Waals surface area contributed by atoms with Crippen LogP contribution >= 0.6 is 0 Å². The zero-order valence-electron chi connectivity index (χ0n) is 32.9. The zero-order chi connectivity index (χ0) is 40.6. The van der Waals surface area contributed by atoms with E-state index in [0.29, 0.717) is 38.6 Å². The molecule has 300 valence electrons. The third-order valence-corrected chi connectivity index (χ3v) is 14.1. The van der Waals surface area contributed by atoms with Crippen molar-refractivity contribution in [2.45, 2.75) is 111 Å². The number of hydrogen-bond acceptors (Lipinski definition) is 9. The van der Waals surface area contributed by atoms with Crippen LogP contribution in [0, 0.1) is 5.82 Å². The molecule has 0 bridgehead atoms. The van der Waals surface area contributed by atoms with Crippen LogP contribution in [0.1, 0.15) is 86.6 Å². The Kier molecular flexibility index (Phi) is 15.2. The molecule has 1 heterocycles. The van der Waals surface area contributed by atoms with Crippen molar-refractivity contribution in [3.8, 4) is 5.75 Å². The van der Waals surface area contributed by atoms with Crippen LogP contribution in [0.25, 0.3) is 10.9 Å². The largest absolute Gasteiger partial charge is 0.492 e. The number of aromatic nitrogens is 2. The fourth-order valence-corrected chi connectivity index (χ4v) is 9.20. The predicted octanol–water partition coefficient (Wildman–Crippen LogP) is 7.93. The minimum atomic E-state index is -2.80. The van der Waals surface area contributed by atoms with E-state index in [1.54, 1.807) is 59.7 Å². The molecular formula is C37H55FN4O10SSi. The average molecular weight is 795 g/mol. The van der Waals surface area contributed by atoms with Gasteiger partial charge >= 0.3 is 18.2 Å². The zero-order valence-corrected chi connectivity index (χ0v) is 34.8. The monoisotopic (exact) mass is 794 g/mol. The number of hydrogen-bond donors (Lipinski definition) is 2. The Morgan fingerprint density at radius 2 is 1.59 bits per heavy atom. The molecular weight excluding hydrogens is 740 g/mol. The number of aryl methyl sites for hydroxylation is 1. The van der Waals surface area contributed by atoms with E-state index in [4.69, 9.17) is 18.6 Å². The summed E-state index contributed by atoms with van der Waals surface area (Å²) in [6, 6.07) is 11.3. The number of fused-ring (bicyclic) bond motifs is 1. The van der Waals surface area contributed by atoms with Crippen LogP contribution in [0.4, 0.5) is 19.7 Å². The lowest BCUT2D eigenvalue weighted by Crippen LogP contribution is -2.45. The lowest BCUT2D eigenvalue weighted by Gasteiger charge is -2.37. The molecule has 2 N–H and O–H groups in total. The first kappa shape index (κ1) is 44.3. The van der Waals surface area contributed by atoms with E-state index < -0.39 is 67.4 Å². The van der Waals surface area contributed by atoms with Gasteiger partial charge in [0.2, 0.25) is 0 Å². The third-order valence-electron chi connectivity index (χ3n) is 8.73. The van der Waals surface area contributed by atoms with Crippen molar-refractivity contribution < 1.29 is 51.3 Å². The number of esters is 1. The normalized spacial score (nSPS) is 13.3.